The van der Waals surface area contributed by atoms with Gasteiger partial charge in [-0.25, -0.2) is 24.4 Å². The van der Waals surface area contributed by atoms with Crippen molar-refractivity contribution in [2.75, 3.05) is 13.2 Å². The van der Waals surface area contributed by atoms with E-state index in [2.05, 4.69) is 92.2 Å². The maximum Gasteiger partial charge on any atom is 0.423 e. The minimum Gasteiger partial charge on any atom is -0.465 e. The Hall–Kier alpha value is -11.3. The Morgan fingerprint density at radius 2 is 1.09 bits per heavy atom. The van der Waals surface area contributed by atoms with Gasteiger partial charge < -0.3 is 52.7 Å². The molecule has 14 rings (SSSR count). The molecule has 11 aromatic heterocycles. The SMILES string of the molecule is Brc1ccccn1.CCOc1nc2c(C(O)c3ccc(C(F)(F)F)cn3)cc(-c3c(C)noc3C)cc2n1C(=O)OC(C)(C)C.CCOc1nc2c(C=O)cc(-c3c(C)noc3C)cc2n1C(=O)OC(C)(C)C.Cc1noc(C)c1-c1cc(C(O)(c2ccccn2)c2ccc(Cl)cn2)c2[nH]c(=O)[nH]c2c1.Clc1ccc(Br)nc1. The van der Waals surface area contributed by atoms with Crippen LogP contribution < -0.4 is 15.2 Å². The Labute approximate surface area is 670 Å². The number of pyridine rings is 5. The van der Waals surface area contributed by atoms with Crippen LogP contribution in [0.2, 0.25) is 10.0 Å². The first-order valence-electron chi connectivity index (χ1n) is 34.6. The Kier molecular flexibility index (Phi) is 26.2. The first-order chi connectivity index (χ1) is 53.4. The number of ether oxygens (including phenoxy) is 4. The smallest absolute Gasteiger partial charge is 0.423 e. The van der Waals surface area contributed by atoms with E-state index in [9.17, 15) is 42.6 Å². The average Bonchev–Trinajstić information content (AvgIpc) is 1.29. The van der Waals surface area contributed by atoms with E-state index >= 15 is 0 Å². The number of aliphatic hydroxyl groups is 2. The van der Waals surface area contributed by atoms with Gasteiger partial charge in [0.05, 0.1) is 90.6 Å². The molecule has 34 heteroatoms. The van der Waals surface area contributed by atoms with Gasteiger partial charge in [0.15, 0.2) is 11.9 Å². The van der Waals surface area contributed by atoms with E-state index in [0.29, 0.717) is 125 Å². The molecule has 113 heavy (non-hydrogen) atoms. The summed E-state index contributed by atoms with van der Waals surface area (Å²) in [5.41, 5.74) is 5.07. The number of aldehydes is 1. The van der Waals surface area contributed by atoms with Gasteiger partial charge in [-0.2, -0.15) is 32.3 Å². The van der Waals surface area contributed by atoms with Gasteiger partial charge in [-0.3, -0.25) is 19.7 Å². The van der Waals surface area contributed by atoms with Crippen LogP contribution in [-0.4, -0.2) is 123 Å². The molecule has 0 fully saturated rings. The zero-order valence-corrected chi connectivity index (χ0v) is 67.9. The molecule has 0 radical (unpaired) electrons. The third-order valence-corrected chi connectivity index (χ3v) is 17.9. The number of nitrogens with one attached hydrogen (secondary N) is 2. The van der Waals surface area contributed by atoms with Crippen LogP contribution in [0.15, 0.2) is 168 Å². The lowest BCUT2D eigenvalue weighted by Crippen LogP contribution is -2.31. The summed E-state index contributed by atoms with van der Waals surface area (Å²) in [7, 11) is 0. The zero-order valence-electron chi connectivity index (χ0n) is 63.2. The van der Waals surface area contributed by atoms with Crippen molar-refractivity contribution in [3.05, 3.63) is 244 Å². The highest BCUT2D eigenvalue weighted by Gasteiger charge is 2.40. The van der Waals surface area contributed by atoms with Gasteiger partial charge in [-0.15, -0.1) is 0 Å². The summed E-state index contributed by atoms with van der Waals surface area (Å²) in [6.07, 6.45) is 0.271. The number of nitrogens with zero attached hydrogens (tertiary/aromatic N) is 12. The number of carbonyl (C=O) groups is 3. The minimum atomic E-state index is -4.58. The quantitative estimate of drug-likeness (QED) is 0.0615. The van der Waals surface area contributed by atoms with E-state index in [1.807, 2.05) is 45.0 Å². The molecule has 588 valence electrons. The third kappa shape index (κ3) is 19.6. The largest absolute Gasteiger partial charge is 0.465 e. The van der Waals surface area contributed by atoms with Gasteiger partial charge in [-0.1, -0.05) is 50.8 Å². The first-order valence-corrected chi connectivity index (χ1v) is 36.9. The summed E-state index contributed by atoms with van der Waals surface area (Å²) in [5.74, 6) is 1.72. The normalized spacial score (nSPS) is 12.3. The fourth-order valence-corrected chi connectivity index (χ4v) is 12.5. The number of halogens is 7. The fraction of sp³-hybridized carbons (Fsp3) is 0.266. The maximum absolute atomic E-state index is 13.3. The number of benzene rings is 3. The molecule has 2 atom stereocenters. The molecule has 14 aromatic rings. The molecule has 0 aliphatic carbocycles. The number of aromatic nitrogens is 14. The molecule has 2 unspecified atom stereocenters. The number of hydrogen-bond acceptors (Lipinski definition) is 23. The number of aryl methyl sites for hydroxylation is 6. The van der Waals surface area contributed by atoms with Crippen molar-refractivity contribution in [1.29, 1.82) is 0 Å². The number of aromatic amines is 2. The number of fused-ring (bicyclic) bond motifs is 3. The molecule has 3 aromatic carbocycles. The van der Waals surface area contributed by atoms with Gasteiger partial charge in [0.1, 0.15) is 49.3 Å². The highest BCUT2D eigenvalue weighted by Crippen LogP contribution is 2.43. The monoisotopic (exact) mass is 1710 g/mol. The molecule has 4 N–H and O–H groups in total. The molecular weight excluding hydrogens is 1640 g/mol. The van der Waals surface area contributed by atoms with E-state index in [-0.39, 0.29) is 40.9 Å². The van der Waals surface area contributed by atoms with Crippen LogP contribution in [0.25, 0.3) is 66.5 Å². The highest BCUT2D eigenvalue weighted by atomic mass is 79.9. The van der Waals surface area contributed by atoms with Crippen LogP contribution in [0.5, 0.6) is 12.0 Å². The van der Waals surface area contributed by atoms with E-state index in [4.69, 9.17) is 55.7 Å². The molecule has 11 heterocycles. The zero-order chi connectivity index (χ0) is 82.2. The maximum atomic E-state index is 13.3. The average molecular weight is 1720 g/mol. The number of imidazole rings is 3. The second-order valence-electron chi connectivity index (χ2n) is 27.0. The summed E-state index contributed by atoms with van der Waals surface area (Å²) in [6.45, 7) is 25.1. The van der Waals surface area contributed by atoms with E-state index in [0.717, 1.165) is 42.6 Å². The molecule has 0 saturated carbocycles. The van der Waals surface area contributed by atoms with Crippen LogP contribution in [0.1, 0.15) is 140 Å². The summed E-state index contributed by atoms with van der Waals surface area (Å²) in [4.78, 5) is 84.9. The van der Waals surface area contributed by atoms with Gasteiger partial charge in [0, 0.05) is 64.4 Å². The molecule has 0 amide bonds. The highest BCUT2D eigenvalue weighted by molar-refractivity contribution is 9.10. The molecular formula is C79H75Br2Cl2F3N14O13. The van der Waals surface area contributed by atoms with Crippen molar-refractivity contribution in [3.63, 3.8) is 0 Å². The second kappa shape index (κ2) is 35.2. The first kappa shape index (κ1) is 84.2. The van der Waals surface area contributed by atoms with Crippen LogP contribution in [0, 0.1) is 41.5 Å². The molecule has 27 nitrogen and oxygen atoms in total. The molecule has 0 aliphatic rings. The van der Waals surface area contributed by atoms with Crippen molar-refractivity contribution in [1.82, 2.24) is 69.5 Å². The molecule has 0 bridgehead atoms. The van der Waals surface area contributed by atoms with Crippen molar-refractivity contribution in [3.8, 4) is 45.4 Å². The van der Waals surface area contributed by atoms with E-state index in [1.54, 1.807) is 168 Å². The predicted octanol–water partition coefficient (Wildman–Crippen LogP) is 18.5. The van der Waals surface area contributed by atoms with Crippen LogP contribution in [0.4, 0.5) is 22.8 Å². The van der Waals surface area contributed by atoms with Crippen LogP contribution >= 0.6 is 55.1 Å². The van der Waals surface area contributed by atoms with Gasteiger partial charge in [0.2, 0.25) is 0 Å². The summed E-state index contributed by atoms with van der Waals surface area (Å²) in [6, 6.07) is 30.1. The van der Waals surface area contributed by atoms with Crippen molar-refractivity contribution in [2.24, 2.45) is 0 Å². The Bertz CT molecular complexity index is 5700. The number of alkyl halides is 3. The number of H-pyrrole nitrogens is 2. The van der Waals surface area contributed by atoms with E-state index in [1.165, 1.54) is 10.8 Å². The van der Waals surface area contributed by atoms with Gasteiger partial charge in [0.25, 0.3) is 0 Å². The van der Waals surface area contributed by atoms with E-state index < -0.39 is 52.5 Å². The Balaban J connectivity index is 0.000000165. The standard InChI is InChI=1S/C26H27F3N4O5.C23H18ClN5O3.C20H23N3O5.C5H3BrClN.C5H4BrN/c1-7-36-23-31-21-17(22(34)18-9-8-16(12-30-18)26(27,28)29)10-15(20-13(2)32-38-14(20)3)11-19(21)33(23)24(35)37-25(4,5)6;1-12-20(13(2)32-29-12)14-9-16(21-17(10-14)27-22(30)28-21)23(31,18-5-3-4-8-25-18)19-7-6-15(24)11-26-19;1-7-26-18-21-17-14(10-24)8-13(16-11(2)22-28-12(16)3)9-15(17)23(18)19(25)27-20(4,5)6;6-5-2-1-4(7)3-8-5;6-5-3-1-2-4-7-5/h8-12,22,34H,7H2,1-6H3;3-11,31H,1-2H3,(H2,27,28,30);8-10H,7H2,1-6H3;1-3H;1-4H. The third-order valence-electron chi connectivity index (χ3n) is 16.5. The number of hydrogen-bond donors (Lipinski definition) is 4. The Morgan fingerprint density at radius 1 is 0.593 bits per heavy atom. The second-order valence-corrected chi connectivity index (χ2v) is 29.5. The number of aliphatic hydroxyl groups excluding tert-OH is 1. The van der Waals surface area contributed by atoms with Gasteiger partial charge in [-0.05, 0) is 243 Å². The predicted molar refractivity (Wildman–Crippen MR) is 422 cm³/mol. The van der Waals surface area contributed by atoms with Crippen LogP contribution in [0.3, 0.4) is 0 Å². The lowest BCUT2D eigenvalue weighted by Gasteiger charge is -2.28. The van der Waals surface area contributed by atoms with Crippen LogP contribution in [-0.2, 0) is 21.3 Å². The summed E-state index contributed by atoms with van der Waals surface area (Å²) in [5, 5.41) is 36.6. The van der Waals surface area contributed by atoms with Gasteiger partial charge >= 0.3 is 36.1 Å². The van der Waals surface area contributed by atoms with Crippen molar-refractivity contribution >= 4 is 107 Å². The minimum absolute atomic E-state index is 0.0417. The lowest BCUT2D eigenvalue weighted by molar-refractivity contribution is -0.137. The lowest BCUT2D eigenvalue weighted by atomic mass is 9.83. The summed E-state index contributed by atoms with van der Waals surface area (Å²) >= 11 is 18.0. The number of carbonyl (C=O) groups excluding carboxylic acids is 3. The summed E-state index contributed by atoms with van der Waals surface area (Å²) < 4.78 is 81.4. The topological polar surface area (TPSA) is 355 Å². The molecule has 0 saturated heterocycles. The molecule has 0 spiro atoms. The Morgan fingerprint density at radius 3 is 1.50 bits per heavy atom. The van der Waals surface area contributed by atoms with Crippen molar-refractivity contribution < 1.29 is 70.3 Å². The fourth-order valence-electron chi connectivity index (χ4n) is 11.8. The number of rotatable bonds is 13. The van der Waals surface area contributed by atoms with Crippen molar-refractivity contribution in [2.45, 2.75) is 126 Å². The molecule has 0 aliphatic heterocycles.